The van der Waals surface area contributed by atoms with Gasteiger partial charge in [0.15, 0.2) is 11.5 Å². The van der Waals surface area contributed by atoms with Crippen molar-refractivity contribution in [3.63, 3.8) is 0 Å². The van der Waals surface area contributed by atoms with Crippen molar-refractivity contribution in [2.45, 2.75) is 13.5 Å². The molecule has 0 aliphatic carbocycles. The zero-order valence-corrected chi connectivity index (χ0v) is 15.8. The van der Waals surface area contributed by atoms with Gasteiger partial charge in [0.25, 0.3) is 11.1 Å². The highest BCUT2D eigenvalue weighted by molar-refractivity contribution is 8.18. The van der Waals surface area contributed by atoms with E-state index < -0.39 is 17.0 Å². The van der Waals surface area contributed by atoms with E-state index in [-0.39, 0.29) is 17.2 Å². The first-order chi connectivity index (χ1) is 13.0. The normalized spacial score (nSPS) is 15.1. The summed E-state index contributed by atoms with van der Waals surface area (Å²) in [5.74, 6) is -0.0276. The Kier molecular flexibility index (Phi) is 6.03. The Balaban J connectivity index is 1.83. The van der Waals surface area contributed by atoms with E-state index in [1.54, 1.807) is 30.3 Å². The molecule has 5 nitrogen and oxygen atoms in total. The number of thioether (sulfide) groups is 1. The molecule has 2 amide bonds. The maximum atomic E-state index is 13.9. The number of carbonyl (C=O) groups excluding carboxylic acids is 2. The molecule has 0 unspecified atom stereocenters. The van der Waals surface area contributed by atoms with Crippen LogP contribution in [-0.4, -0.2) is 17.8 Å². The number of carbonyl (C=O) groups is 2. The Morgan fingerprint density at radius 2 is 2.00 bits per heavy atom. The van der Waals surface area contributed by atoms with E-state index in [2.05, 4.69) is 5.32 Å². The number of imide groups is 1. The lowest BCUT2D eigenvalue weighted by molar-refractivity contribution is -0.115. The number of rotatable bonds is 6. The summed E-state index contributed by atoms with van der Waals surface area (Å²) in [6.07, 6.45) is 1.59. The number of hydrogen-bond donors (Lipinski definition) is 1. The average Bonchev–Trinajstić information content (AvgIpc) is 2.93. The molecule has 0 bridgehead atoms. The minimum atomic E-state index is -0.448. The first kappa shape index (κ1) is 19.3. The molecule has 0 saturated carbocycles. The van der Waals surface area contributed by atoms with Gasteiger partial charge < -0.3 is 9.47 Å². The Hall–Kier alpha value is -2.51. The summed E-state index contributed by atoms with van der Waals surface area (Å²) in [6, 6.07) is 9.49. The van der Waals surface area contributed by atoms with Crippen LogP contribution in [0.2, 0.25) is 5.02 Å². The summed E-state index contributed by atoms with van der Waals surface area (Å²) in [6.45, 7) is 2.16. The van der Waals surface area contributed by atoms with Gasteiger partial charge in [-0.1, -0.05) is 23.7 Å². The van der Waals surface area contributed by atoms with Gasteiger partial charge in [-0.3, -0.25) is 14.9 Å². The lowest BCUT2D eigenvalue weighted by atomic mass is 10.1. The predicted molar refractivity (Wildman–Crippen MR) is 102 cm³/mol. The van der Waals surface area contributed by atoms with Crippen LogP contribution in [0.1, 0.15) is 18.1 Å². The second-order valence-corrected chi connectivity index (χ2v) is 6.90. The molecule has 8 heteroatoms. The lowest BCUT2D eigenvalue weighted by Gasteiger charge is -2.14. The van der Waals surface area contributed by atoms with Gasteiger partial charge in [-0.2, -0.15) is 0 Å². The highest BCUT2D eigenvalue weighted by Crippen LogP contribution is 2.33. The fourth-order valence-electron chi connectivity index (χ4n) is 2.39. The maximum absolute atomic E-state index is 13.9. The first-order valence-corrected chi connectivity index (χ1v) is 9.24. The third-order valence-electron chi connectivity index (χ3n) is 3.64. The summed E-state index contributed by atoms with van der Waals surface area (Å²) < 4.78 is 25.2. The molecule has 1 aliphatic heterocycles. The van der Waals surface area contributed by atoms with Gasteiger partial charge >= 0.3 is 0 Å². The molecule has 3 rings (SSSR count). The van der Waals surface area contributed by atoms with Gasteiger partial charge in [-0.25, -0.2) is 4.39 Å². The molecule has 1 aliphatic rings. The number of benzene rings is 2. The van der Waals surface area contributed by atoms with Crippen molar-refractivity contribution < 1.29 is 23.5 Å². The third-order valence-corrected chi connectivity index (χ3v) is 4.81. The molecule has 0 atom stereocenters. The van der Waals surface area contributed by atoms with Crippen molar-refractivity contribution in [3.05, 3.63) is 63.3 Å². The zero-order chi connectivity index (χ0) is 19.4. The van der Waals surface area contributed by atoms with Crippen molar-refractivity contribution in [2.24, 2.45) is 0 Å². The molecule has 1 saturated heterocycles. The number of halogens is 2. The van der Waals surface area contributed by atoms with Crippen molar-refractivity contribution in [2.75, 3.05) is 6.61 Å². The minimum absolute atomic E-state index is 0.0568. The van der Waals surface area contributed by atoms with Crippen molar-refractivity contribution >= 4 is 40.6 Å². The van der Waals surface area contributed by atoms with Gasteiger partial charge in [0.05, 0.1) is 16.5 Å². The first-order valence-electron chi connectivity index (χ1n) is 8.05. The number of nitrogens with one attached hydrogen (secondary N) is 1. The summed E-state index contributed by atoms with van der Waals surface area (Å²) >= 11 is 6.85. The summed E-state index contributed by atoms with van der Waals surface area (Å²) in [5.41, 5.74) is 0.924. The van der Waals surface area contributed by atoms with E-state index >= 15 is 0 Å². The smallest absolute Gasteiger partial charge is 0.290 e. The lowest BCUT2D eigenvalue weighted by Crippen LogP contribution is -2.17. The quantitative estimate of drug-likeness (QED) is 0.698. The second kappa shape index (κ2) is 8.45. The Morgan fingerprint density at radius 1 is 1.19 bits per heavy atom. The SMILES string of the molecule is CCOc1cc(/C=C2/SC(=O)NC2=O)ccc1OCc1c(F)cccc1Cl. The second-order valence-electron chi connectivity index (χ2n) is 5.48. The molecular formula is C19H15ClFNO4S. The molecule has 140 valence electrons. The maximum Gasteiger partial charge on any atom is 0.290 e. The van der Waals surface area contributed by atoms with Gasteiger partial charge in [0.1, 0.15) is 12.4 Å². The minimum Gasteiger partial charge on any atom is -0.490 e. The van der Waals surface area contributed by atoms with Crippen LogP contribution >= 0.6 is 23.4 Å². The monoisotopic (exact) mass is 407 g/mol. The Labute approximate surface area is 164 Å². The summed E-state index contributed by atoms with van der Waals surface area (Å²) in [4.78, 5) is 23.2. The van der Waals surface area contributed by atoms with E-state index in [9.17, 15) is 14.0 Å². The average molecular weight is 408 g/mol. The van der Waals surface area contributed by atoms with Crippen molar-refractivity contribution in [1.82, 2.24) is 5.32 Å². The highest BCUT2D eigenvalue weighted by atomic mass is 35.5. The van der Waals surface area contributed by atoms with E-state index in [1.165, 1.54) is 12.1 Å². The molecule has 0 spiro atoms. The number of ether oxygens (including phenoxy) is 2. The molecule has 1 N–H and O–H groups in total. The third kappa shape index (κ3) is 4.61. The largest absolute Gasteiger partial charge is 0.490 e. The van der Waals surface area contributed by atoms with Crippen LogP contribution in [-0.2, 0) is 11.4 Å². The van der Waals surface area contributed by atoms with E-state index in [4.69, 9.17) is 21.1 Å². The van der Waals surface area contributed by atoms with Crippen LogP contribution in [0.5, 0.6) is 11.5 Å². The van der Waals surface area contributed by atoms with Crippen LogP contribution < -0.4 is 14.8 Å². The van der Waals surface area contributed by atoms with E-state index in [0.29, 0.717) is 28.6 Å². The predicted octanol–water partition coefficient (Wildman–Crippen LogP) is 4.78. The van der Waals surface area contributed by atoms with Crippen LogP contribution in [0.15, 0.2) is 41.3 Å². The fraction of sp³-hybridized carbons (Fsp3) is 0.158. The van der Waals surface area contributed by atoms with Gasteiger partial charge in [0.2, 0.25) is 0 Å². The van der Waals surface area contributed by atoms with E-state index in [1.807, 2.05) is 6.92 Å². The standard InChI is InChI=1S/C19H15ClFNO4S/c1-2-25-16-8-11(9-17-18(23)22-19(24)27-17)6-7-15(16)26-10-12-13(20)4-3-5-14(12)21/h3-9H,2,10H2,1H3,(H,22,23,24)/b17-9+. The molecular weight excluding hydrogens is 393 g/mol. The molecule has 2 aromatic rings. The Morgan fingerprint density at radius 3 is 2.67 bits per heavy atom. The number of amides is 2. The van der Waals surface area contributed by atoms with Gasteiger partial charge in [-0.05, 0) is 54.6 Å². The topological polar surface area (TPSA) is 64.6 Å². The van der Waals surface area contributed by atoms with Gasteiger partial charge in [0, 0.05) is 5.56 Å². The van der Waals surface area contributed by atoms with Crippen molar-refractivity contribution in [3.8, 4) is 11.5 Å². The van der Waals surface area contributed by atoms with Crippen LogP contribution in [0.3, 0.4) is 0 Å². The number of hydrogen-bond acceptors (Lipinski definition) is 5. The zero-order valence-electron chi connectivity index (χ0n) is 14.3. The summed E-state index contributed by atoms with van der Waals surface area (Å²) in [7, 11) is 0. The molecule has 2 aromatic carbocycles. The van der Waals surface area contributed by atoms with E-state index in [0.717, 1.165) is 11.8 Å². The molecule has 0 radical (unpaired) electrons. The molecule has 27 heavy (non-hydrogen) atoms. The highest BCUT2D eigenvalue weighted by Gasteiger charge is 2.25. The van der Waals surface area contributed by atoms with Gasteiger partial charge in [-0.15, -0.1) is 0 Å². The fourth-order valence-corrected chi connectivity index (χ4v) is 3.29. The molecule has 0 aromatic heterocycles. The van der Waals surface area contributed by atoms with Crippen LogP contribution in [0, 0.1) is 5.82 Å². The summed E-state index contributed by atoms with van der Waals surface area (Å²) in [5, 5.41) is 2.08. The van der Waals surface area contributed by atoms with Crippen LogP contribution in [0.4, 0.5) is 9.18 Å². The Bertz CT molecular complexity index is 912. The molecule has 1 heterocycles. The van der Waals surface area contributed by atoms with Crippen LogP contribution in [0.25, 0.3) is 6.08 Å². The molecule has 1 fully saturated rings. The van der Waals surface area contributed by atoms with Crippen molar-refractivity contribution in [1.29, 1.82) is 0 Å².